The number of Topliss-reactive ketones (excluding diaryl/α,β-unsaturated/α-hetero) is 2. The van der Waals surface area contributed by atoms with Gasteiger partial charge in [0.25, 0.3) is 8.32 Å². The minimum atomic E-state index is -2.52. The van der Waals surface area contributed by atoms with Gasteiger partial charge >= 0.3 is 0 Å². The van der Waals surface area contributed by atoms with Crippen molar-refractivity contribution >= 4 is 30.3 Å². The van der Waals surface area contributed by atoms with Crippen LogP contribution in [0.5, 0.6) is 0 Å². The van der Waals surface area contributed by atoms with Gasteiger partial charge in [0.2, 0.25) is 0 Å². The Hall–Kier alpha value is -2.04. The Morgan fingerprint density at radius 3 is 1.81 bits per heavy atom. The molecule has 0 aromatic heterocycles. The van der Waals surface area contributed by atoms with E-state index in [9.17, 15) is 9.59 Å². The number of ketones is 2. The first kappa shape index (κ1) is 24.6. The standard InChI is InChI=1S/C28H38O3Si/c1-21-16-18-23(20-27(30)22(2)17-19-26(21)29)28(3,4)31-32(5,24-12-8-6-9-13-24)25-14-10-7-11-15-25/h6-15,21-23H,16-20H2,1-5H3/t21-,22+,23-/m1/s1. The molecule has 3 rings (SSSR count). The molecule has 0 radical (unpaired) electrons. The van der Waals surface area contributed by atoms with Crippen LogP contribution < -0.4 is 10.4 Å². The third-order valence-corrected chi connectivity index (χ3v) is 11.2. The van der Waals surface area contributed by atoms with Gasteiger partial charge in [0, 0.05) is 24.7 Å². The molecule has 0 saturated heterocycles. The molecular formula is C28H38O3Si. The molecule has 0 heterocycles. The minimum absolute atomic E-state index is 0.0422. The molecule has 4 heteroatoms. The molecule has 1 aliphatic carbocycles. The Morgan fingerprint density at radius 1 is 0.781 bits per heavy atom. The molecule has 0 bridgehead atoms. The average Bonchev–Trinajstić information content (AvgIpc) is 2.79. The summed E-state index contributed by atoms with van der Waals surface area (Å²) in [5, 5.41) is 2.45. The molecule has 0 spiro atoms. The van der Waals surface area contributed by atoms with Crippen LogP contribution in [-0.2, 0) is 14.0 Å². The highest BCUT2D eigenvalue weighted by Gasteiger charge is 2.43. The van der Waals surface area contributed by atoms with Crippen LogP contribution in [0.3, 0.4) is 0 Å². The topological polar surface area (TPSA) is 43.4 Å². The molecule has 172 valence electrons. The summed E-state index contributed by atoms with van der Waals surface area (Å²) in [5.74, 6) is 0.591. The van der Waals surface area contributed by atoms with Crippen molar-refractivity contribution < 1.29 is 14.0 Å². The van der Waals surface area contributed by atoms with E-state index in [1.165, 1.54) is 10.4 Å². The van der Waals surface area contributed by atoms with Gasteiger partial charge in [0.1, 0.15) is 11.6 Å². The number of hydrogen-bond donors (Lipinski definition) is 0. The maximum Gasteiger partial charge on any atom is 0.253 e. The van der Waals surface area contributed by atoms with Gasteiger partial charge in [-0.2, -0.15) is 0 Å². The summed E-state index contributed by atoms with van der Waals surface area (Å²) in [4.78, 5) is 25.5. The first-order chi connectivity index (χ1) is 15.1. The summed E-state index contributed by atoms with van der Waals surface area (Å²) in [5.41, 5.74) is -0.496. The van der Waals surface area contributed by atoms with Gasteiger partial charge in [0.15, 0.2) is 0 Å². The second-order valence-corrected chi connectivity index (χ2v) is 13.6. The van der Waals surface area contributed by atoms with Gasteiger partial charge < -0.3 is 4.43 Å². The van der Waals surface area contributed by atoms with Gasteiger partial charge in [-0.05, 0) is 55.9 Å². The maximum atomic E-state index is 13.0. The van der Waals surface area contributed by atoms with Crippen molar-refractivity contribution in [3.8, 4) is 0 Å². The lowest BCUT2D eigenvalue weighted by atomic mass is 9.77. The minimum Gasteiger partial charge on any atom is -0.403 e. The molecular weight excluding hydrogens is 412 g/mol. The summed E-state index contributed by atoms with van der Waals surface area (Å²) in [6.07, 6.45) is 3.34. The van der Waals surface area contributed by atoms with E-state index in [0.29, 0.717) is 19.3 Å². The fourth-order valence-corrected chi connectivity index (χ4v) is 8.37. The Balaban J connectivity index is 1.95. The molecule has 0 amide bonds. The molecule has 2 aromatic carbocycles. The van der Waals surface area contributed by atoms with Crippen LogP contribution in [-0.4, -0.2) is 25.5 Å². The van der Waals surface area contributed by atoms with Gasteiger partial charge in [-0.25, -0.2) is 0 Å². The number of benzene rings is 2. The highest BCUT2D eigenvalue weighted by molar-refractivity contribution is 6.96. The van der Waals surface area contributed by atoms with E-state index >= 15 is 0 Å². The number of hydrogen-bond acceptors (Lipinski definition) is 3. The monoisotopic (exact) mass is 450 g/mol. The van der Waals surface area contributed by atoms with Crippen LogP contribution >= 0.6 is 0 Å². The molecule has 1 saturated carbocycles. The van der Waals surface area contributed by atoms with Gasteiger partial charge in [-0.3, -0.25) is 9.59 Å². The normalized spacial score (nSPS) is 23.7. The number of rotatable bonds is 5. The molecule has 0 unspecified atom stereocenters. The lowest BCUT2D eigenvalue weighted by Gasteiger charge is -2.43. The van der Waals surface area contributed by atoms with E-state index in [1.54, 1.807) is 0 Å². The predicted octanol–water partition coefficient (Wildman–Crippen LogP) is 5.16. The second-order valence-electron chi connectivity index (χ2n) is 10.2. The summed E-state index contributed by atoms with van der Waals surface area (Å²) >= 11 is 0. The molecule has 2 aromatic rings. The molecule has 1 fully saturated rings. The van der Waals surface area contributed by atoms with Gasteiger partial charge in [-0.15, -0.1) is 0 Å². The third-order valence-electron chi connectivity index (χ3n) is 7.42. The second kappa shape index (κ2) is 10.3. The van der Waals surface area contributed by atoms with Gasteiger partial charge in [0.05, 0.1) is 5.60 Å². The van der Waals surface area contributed by atoms with Crippen molar-refractivity contribution in [3.05, 3.63) is 60.7 Å². The zero-order valence-corrected chi connectivity index (χ0v) is 21.3. The summed E-state index contributed by atoms with van der Waals surface area (Å²) < 4.78 is 7.15. The quantitative estimate of drug-likeness (QED) is 0.591. The Labute approximate surface area is 194 Å². The molecule has 3 nitrogen and oxygen atoms in total. The number of carbonyl (C=O) groups excluding carboxylic acids is 2. The Kier molecular flexibility index (Phi) is 7.89. The predicted molar refractivity (Wildman–Crippen MR) is 134 cm³/mol. The van der Waals surface area contributed by atoms with Gasteiger partial charge in [-0.1, -0.05) is 74.5 Å². The first-order valence-electron chi connectivity index (χ1n) is 12.0. The zero-order valence-electron chi connectivity index (χ0n) is 20.3. The van der Waals surface area contributed by atoms with E-state index in [1.807, 2.05) is 26.0 Å². The van der Waals surface area contributed by atoms with E-state index < -0.39 is 13.9 Å². The first-order valence-corrected chi connectivity index (χ1v) is 14.4. The highest BCUT2D eigenvalue weighted by atomic mass is 28.4. The molecule has 1 aliphatic rings. The highest BCUT2D eigenvalue weighted by Crippen LogP contribution is 2.35. The average molecular weight is 451 g/mol. The third kappa shape index (κ3) is 5.65. The van der Waals surface area contributed by atoms with Crippen molar-refractivity contribution in [1.82, 2.24) is 0 Å². The van der Waals surface area contributed by atoms with Crippen molar-refractivity contribution in [2.24, 2.45) is 17.8 Å². The van der Waals surface area contributed by atoms with E-state index in [0.717, 1.165) is 12.8 Å². The van der Waals surface area contributed by atoms with Crippen molar-refractivity contribution in [1.29, 1.82) is 0 Å². The zero-order chi connectivity index (χ0) is 23.4. The van der Waals surface area contributed by atoms with Crippen LogP contribution in [0.15, 0.2) is 60.7 Å². The fraction of sp³-hybridized carbons (Fsp3) is 0.500. The van der Waals surface area contributed by atoms with E-state index in [4.69, 9.17) is 4.43 Å². The van der Waals surface area contributed by atoms with Crippen LogP contribution in [0.2, 0.25) is 6.55 Å². The summed E-state index contributed by atoms with van der Waals surface area (Å²) in [6, 6.07) is 21.0. The summed E-state index contributed by atoms with van der Waals surface area (Å²) in [6.45, 7) is 10.6. The number of carbonyl (C=O) groups is 2. The molecule has 0 aliphatic heterocycles. The van der Waals surface area contributed by atoms with Crippen LogP contribution in [0.25, 0.3) is 0 Å². The van der Waals surface area contributed by atoms with Crippen molar-refractivity contribution in [2.75, 3.05) is 0 Å². The molecule has 0 N–H and O–H groups in total. The maximum absolute atomic E-state index is 13.0. The van der Waals surface area contributed by atoms with Crippen molar-refractivity contribution in [3.63, 3.8) is 0 Å². The lowest BCUT2D eigenvalue weighted by molar-refractivity contribution is -0.127. The SMILES string of the molecule is C[C@@H]1CC[C@@H](C(C)(C)O[Si](C)(c2ccccc2)c2ccccc2)CC(=O)[C@@H](C)CCC1=O. The van der Waals surface area contributed by atoms with Crippen molar-refractivity contribution in [2.45, 2.75) is 71.9 Å². The molecule has 32 heavy (non-hydrogen) atoms. The van der Waals surface area contributed by atoms with E-state index in [-0.39, 0.29) is 29.3 Å². The van der Waals surface area contributed by atoms with Crippen LogP contribution in [0, 0.1) is 17.8 Å². The summed E-state index contributed by atoms with van der Waals surface area (Å²) in [7, 11) is -2.52. The fourth-order valence-electron chi connectivity index (χ4n) is 4.92. The lowest BCUT2D eigenvalue weighted by Crippen LogP contribution is -2.62. The van der Waals surface area contributed by atoms with Crippen LogP contribution in [0.4, 0.5) is 0 Å². The Morgan fingerprint density at radius 2 is 1.28 bits per heavy atom. The van der Waals surface area contributed by atoms with Crippen LogP contribution in [0.1, 0.15) is 59.8 Å². The van der Waals surface area contributed by atoms with E-state index in [2.05, 4.69) is 68.9 Å². The smallest absolute Gasteiger partial charge is 0.253 e. The largest absolute Gasteiger partial charge is 0.403 e. The molecule has 3 atom stereocenters. The Bertz CT molecular complexity index is 867.